The van der Waals surface area contributed by atoms with E-state index in [1.807, 2.05) is 0 Å². The van der Waals surface area contributed by atoms with Crippen LogP contribution in [0.15, 0.2) is 121 Å². The number of carbonyl (C=O) groups is 4. The molecule has 0 fully saturated rings. The number of aromatic nitrogens is 2. The first-order valence-electron chi connectivity index (χ1n) is 11.6. The van der Waals surface area contributed by atoms with Gasteiger partial charge in [0.15, 0.2) is 5.82 Å². The Hall–Kier alpha value is -5.23. The molecule has 0 bridgehead atoms. The highest BCUT2D eigenvalue weighted by Gasteiger charge is 2.34. The van der Waals surface area contributed by atoms with Crippen molar-refractivity contribution in [3.63, 3.8) is 0 Å². The second-order valence-electron chi connectivity index (χ2n) is 8.22. The van der Waals surface area contributed by atoms with Gasteiger partial charge in [0.05, 0.1) is 0 Å². The van der Waals surface area contributed by atoms with Gasteiger partial charge >= 0.3 is 0 Å². The predicted molar refractivity (Wildman–Crippen MR) is 138 cm³/mol. The van der Waals surface area contributed by atoms with Gasteiger partial charge in [-0.05, 0) is 12.1 Å². The van der Waals surface area contributed by atoms with Crippen molar-refractivity contribution in [2.75, 3.05) is 0 Å². The molecule has 0 aliphatic rings. The van der Waals surface area contributed by atoms with Gasteiger partial charge in [-0.1, -0.05) is 109 Å². The summed E-state index contributed by atoms with van der Waals surface area (Å²) in [5.41, 5.74) is 0.525. The molecule has 0 spiro atoms. The third-order valence-electron chi connectivity index (χ3n) is 5.84. The number of rotatable bonds is 7. The minimum absolute atomic E-state index is 0.239. The van der Waals surface area contributed by atoms with Crippen LogP contribution in [0.2, 0.25) is 0 Å². The summed E-state index contributed by atoms with van der Waals surface area (Å²) in [5, 5.41) is 0. The molecule has 0 amide bonds. The molecule has 178 valence electrons. The zero-order valence-electron chi connectivity index (χ0n) is 19.6. The molecule has 6 heteroatoms. The maximum absolute atomic E-state index is 13.9. The van der Waals surface area contributed by atoms with Crippen LogP contribution in [0.25, 0.3) is 0 Å². The molecule has 0 N–H and O–H groups in total. The molecule has 37 heavy (non-hydrogen) atoms. The summed E-state index contributed by atoms with van der Waals surface area (Å²) in [6.07, 6.45) is 0. The van der Waals surface area contributed by atoms with Gasteiger partial charge < -0.3 is 0 Å². The van der Waals surface area contributed by atoms with Gasteiger partial charge in [-0.3, -0.25) is 23.7 Å². The standard InChI is InChI=1S/C31H20N2O4/c34-27(21-13-5-1-6-14-21)25-26(28(35)22-15-7-2-8-16-22)33(31(37)24-19-11-4-12-20-24)30(32-25)29(36)23-17-9-3-10-18-23/h1-20H. The van der Waals surface area contributed by atoms with Crippen LogP contribution in [0.1, 0.15) is 58.6 Å². The smallest absolute Gasteiger partial charge is 0.264 e. The van der Waals surface area contributed by atoms with Gasteiger partial charge in [-0.2, -0.15) is 0 Å². The Morgan fingerprint density at radius 1 is 0.459 bits per heavy atom. The van der Waals surface area contributed by atoms with Gasteiger partial charge in [0.1, 0.15) is 11.4 Å². The van der Waals surface area contributed by atoms with Crippen LogP contribution in [-0.2, 0) is 0 Å². The molecular weight excluding hydrogens is 464 g/mol. The summed E-state index contributed by atoms with van der Waals surface area (Å²) in [5.74, 6) is -2.69. The highest BCUT2D eigenvalue weighted by Crippen LogP contribution is 2.24. The van der Waals surface area contributed by atoms with Crippen LogP contribution < -0.4 is 0 Å². The summed E-state index contributed by atoms with van der Waals surface area (Å²) in [6, 6.07) is 33.2. The fourth-order valence-corrected chi connectivity index (χ4v) is 4.02. The Morgan fingerprint density at radius 3 is 1.30 bits per heavy atom. The van der Waals surface area contributed by atoms with Crippen LogP contribution in [0.3, 0.4) is 0 Å². The lowest BCUT2D eigenvalue weighted by atomic mass is 10.0. The summed E-state index contributed by atoms with van der Waals surface area (Å²) in [6.45, 7) is 0. The van der Waals surface area contributed by atoms with Crippen LogP contribution in [0.4, 0.5) is 0 Å². The molecule has 5 aromatic rings. The minimum Gasteiger partial charge on any atom is -0.287 e. The quantitative estimate of drug-likeness (QED) is 0.294. The van der Waals surface area contributed by atoms with Crippen molar-refractivity contribution in [2.45, 2.75) is 0 Å². The predicted octanol–water partition coefficient (Wildman–Crippen LogP) is 5.26. The molecule has 0 atom stereocenters. The highest BCUT2D eigenvalue weighted by molar-refractivity contribution is 6.22. The van der Waals surface area contributed by atoms with Gasteiger partial charge in [0, 0.05) is 22.3 Å². The number of ketones is 3. The van der Waals surface area contributed by atoms with E-state index in [9.17, 15) is 19.2 Å². The van der Waals surface area contributed by atoms with Gasteiger partial charge in [-0.15, -0.1) is 0 Å². The lowest BCUT2D eigenvalue weighted by molar-refractivity contribution is 0.0912. The van der Waals surface area contributed by atoms with Crippen LogP contribution in [-0.4, -0.2) is 32.8 Å². The normalized spacial score (nSPS) is 10.6. The average molecular weight is 485 g/mol. The van der Waals surface area contributed by atoms with Crippen molar-refractivity contribution in [1.29, 1.82) is 0 Å². The maximum atomic E-state index is 13.9. The molecule has 0 radical (unpaired) electrons. The van der Waals surface area contributed by atoms with Crippen molar-refractivity contribution in [1.82, 2.24) is 9.55 Å². The fraction of sp³-hybridized carbons (Fsp3) is 0. The zero-order valence-corrected chi connectivity index (χ0v) is 19.6. The second kappa shape index (κ2) is 10.2. The Morgan fingerprint density at radius 2 is 0.838 bits per heavy atom. The van der Waals surface area contributed by atoms with E-state index in [-0.39, 0.29) is 39.5 Å². The van der Waals surface area contributed by atoms with E-state index < -0.39 is 23.3 Å². The molecule has 0 aliphatic heterocycles. The molecule has 1 aromatic heterocycles. The van der Waals surface area contributed by atoms with Crippen molar-refractivity contribution >= 4 is 23.3 Å². The monoisotopic (exact) mass is 484 g/mol. The fourth-order valence-electron chi connectivity index (χ4n) is 4.02. The van der Waals surface area contributed by atoms with E-state index in [0.29, 0.717) is 0 Å². The Labute approximate surface area is 212 Å². The number of carbonyl (C=O) groups excluding carboxylic acids is 4. The third-order valence-corrected chi connectivity index (χ3v) is 5.84. The maximum Gasteiger partial charge on any atom is 0.264 e. The number of hydrogen-bond donors (Lipinski definition) is 0. The van der Waals surface area contributed by atoms with E-state index in [0.717, 1.165) is 4.57 Å². The molecule has 0 aliphatic carbocycles. The molecule has 6 nitrogen and oxygen atoms in total. The Bertz CT molecular complexity index is 1490. The summed E-state index contributed by atoms with van der Waals surface area (Å²) in [7, 11) is 0. The first kappa shape index (κ1) is 23.5. The lowest BCUT2D eigenvalue weighted by Crippen LogP contribution is -2.24. The summed E-state index contributed by atoms with van der Waals surface area (Å²) in [4.78, 5) is 59.3. The molecule has 4 aromatic carbocycles. The SMILES string of the molecule is O=C(c1ccccc1)c1nc(C(=O)c2ccccc2)n(C(=O)c2ccccc2)c1C(=O)c1ccccc1. The Kier molecular flexibility index (Phi) is 6.46. The molecular formula is C31H20N2O4. The summed E-state index contributed by atoms with van der Waals surface area (Å²) < 4.78 is 0.982. The number of benzene rings is 4. The van der Waals surface area contributed by atoms with Crippen LogP contribution in [0, 0.1) is 0 Å². The van der Waals surface area contributed by atoms with E-state index in [1.165, 1.54) is 0 Å². The lowest BCUT2D eigenvalue weighted by Gasteiger charge is -2.11. The van der Waals surface area contributed by atoms with Gasteiger partial charge in [0.25, 0.3) is 5.91 Å². The number of nitrogens with zero attached hydrogens (tertiary/aromatic N) is 2. The van der Waals surface area contributed by atoms with Crippen molar-refractivity contribution in [3.05, 3.63) is 161 Å². The van der Waals surface area contributed by atoms with Gasteiger partial charge in [0.2, 0.25) is 17.3 Å². The number of hydrogen-bond acceptors (Lipinski definition) is 5. The first-order chi connectivity index (χ1) is 18.1. The average Bonchev–Trinajstić information content (AvgIpc) is 3.38. The molecule has 0 saturated heterocycles. The van der Waals surface area contributed by atoms with Crippen molar-refractivity contribution < 1.29 is 19.2 Å². The first-order valence-corrected chi connectivity index (χ1v) is 11.6. The van der Waals surface area contributed by atoms with Crippen molar-refractivity contribution in [3.8, 4) is 0 Å². The van der Waals surface area contributed by atoms with Crippen molar-refractivity contribution in [2.24, 2.45) is 0 Å². The third kappa shape index (κ3) is 4.56. The summed E-state index contributed by atoms with van der Waals surface area (Å²) >= 11 is 0. The van der Waals surface area contributed by atoms with E-state index in [1.54, 1.807) is 121 Å². The zero-order chi connectivity index (χ0) is 25.8. The minimum atomic E-state index is -0.640. The van der Waals surface area contributed by atoms with Crippen LogP contribution >= 0.6 is 0 Å². The van der Waals surface area contributed by atoms with E-state index in [2.05, 4.69) is 4.98 Å². The highest BCUT2D eigenvalue weighted by atomic mass is 16.2. The van der Waals surface area contributed by atoms with Crippen LogP contribution in [0.5, 0.6) is 0 Å². The van der Waals surface area contributed by atoms with Gasteiger partial charge in [-0.25, -0.2) is 4.98 Å². The molecule has 0 unspecified atom stereocenters. The molecule has 5 rings (SSSR count). The van der Waals surface area contributed by atoms with E-state index >= 15 is 0 Å². The molecule has 0 saturated carbocycles. The van der Waals surface area contributed by atoms with E-state index in [4.69, 9.17) is 0 Å². The second-order valence-corrected chi connectivity index (χ2v) is 8.22. The largest absolute Gasteiger partial charge is 0.287 e. The topological polar surface area (TPSA) is 86.1 Å². The molecule has 1 heterocycles. The Balaban J connectivity index is 1.81. The number of imidazole rings is 1.